The maximum atomic E-state index is 12.1. The number of thioether (sulfide) groups is 1. The molecule has 0 aliphatic rings. The van der Waals surface area contributed by atoms with Gasteiger partial charge in [0.1, 0.15) is 5.69 Å². The van der Waals surface area contributed by atoms with Gasteiger partial charge in [-0.2, -0.15) is 4.68 Å². The van der Waals surface area contributed by atoms with E-state index in [0.717, 1.165) is 11.8 Å². The number of carbonyl (C=O) groups excluding carboxylic acids is 1. The predicted molar refractivity (Wildman–Crippen MR) is 100.0 cm³/mol. The van der Waals surface area contributed by atoms with Gasteiger partial charge >= 0.3 is 0 Å². The van der Waals surface area contributed by atoms with Crippen LogP contribution in [-0.4, -0.2) is 31.9 Å². The number of benzene rings is 2. The van der Waals surface area contributed by atoms with E-state index in [4.69, 9.17) is 34.8 Å². The van der Waals surface area contributed by atoms with Gasteiger partial charge < -0.3 is 5.32 Å². The Morgan fingerprint density at radius 3 is 2.44 bits per heavy atom. The second-order valence-electron chi connectivity index (χ2n) is 4.76. The highest BCUT2D eigenvalue weighted by atomic mass is 35.5. The third-order valence-corrected chi connectivity index (χ3v) is 4.93. The molecule has 0 saturated carbocycles. The van der Waals surface area contributed by atoms with Gasteiger partial charge in [0.15, 0.2) is 0 Å². The number of tetrazole rings is 1. The Balaban J connectivity index is 1.72. The first-order chi connectivity index (χ1) is 12.1. The molecule has 0 radical (unpaired) electrons. The van der Waals surface area contributed by atoms with Crippen molar-refractivity contribution in [3.63, 3.8) is 0 Å². The van der Waals surface area contributed by atoms with Crippen LogP contribution in [0.25, 0.3) is 5.69 Å². The lowest BCUT2D eigenvalue weighted by atomic mass is 10.3. The number of nitrogens with zero attached hydrogens (tertiary/aromatic N) is 4. The number of nitrogens with one attached hydrogen (secondary N) is 1. The Morgan fingerprint density at radius 1 is 1.04 bits per heavy atom. The van der Waals surface area contributed by atoms with Crippen LogP contribution in [0.1, 0.15) is 0 Å². The molecule has 0 bridgehead atoms. The maximum Gasteiger partial charge on any atom is 0.234 e. The summed E-state index contributed by atoms with van der Waals surface area (Å²) in [6.07, 6.45) is 0. The summed E-state index contributed by atoms with van der Waals surface area (Å²) in [6, 6.07) is 12.1. The lowest BCUT2D eigenvalue weighted by Crippen LogP contribution is -2.15. The van der Waals surface area contributed by atoms with Crippen molar-refractivity contribution in [2.45, 2.75) is 5.16 Å². The first-order valence-electron chi connectivity index (χ1n) is 6.96. The van der Waals surface area contributed by atoms with Crippen LogP contribution < -0.4 is 5.32 Å². The summed E-state index contributed by atoms with van der Waals surface area (Å²) in [5, 5.41) is 15.8. The van der Waals surface area contributed by atoms with Crippen molar-refractivity contribution in [1.82, 2.24) is 20.2 Å². The molecule has 0 fully saturated rings. The minimum Gasteiger partial charge on any atom is -0.324 e. The molecule has 0 atom stereocenters. The summed E-state index contributed by atoms with van der Waals surface area (Å²) >= 11 is 19.5. The summed E-state index contributed by atoms with van der Waals surface area (Å²) in [4.78, 5) is 12.1. The van der Waals surface area contributed by atoms with E-state index in [1.165, 1.54) is 4.68 Å². The summed E-state index contributed by atoms with van der Waals surface area (Å²) in [6.45, 7) is 0. The second kappa shape index (κ2) is 8.05. The highest BCUT2D eigenvalue weighted by Gasteiger charge is 2.16. The van der Waals surface area contributed by atoms with Gasteiger partial charge in [-0.15, -0.1) is 5.10 Å². The molecule has 3 rings (SSSR count). The molecule has 0 spiro atoms. The number of amides is 1. The van der Waals surface area contributed by atoms with Crippen molar-refractivity contribution in [1.29, 1.82) is 0 Å². The van der Waals surface area contributed by atoms with E-state index in [2.05, 4.69) is 20.8 Å². The van der Waals surface area contributed by atoms with Crippen molar-refractivity contribution in [2.24, 2.45) is 0 Å². The third-order valence-electron chi connectivity index (χ3n) is 3.07. The number of hydrogen-bond acceptors (Lipinski definition) is 5. The van der Waals surface area contributed by atoms with Gasteiger partial charge in [-0.1, -0.05) is 64.8 Å². The molecule has 0 aliphatic heterocycles. The van der Waals surface area contributed by atoms with Crippen molar-refractivity contribution < 1.29 is 4.79 Å². The molecule has 128 valence electrons. The zero-order valence-electron chi connectivity index (χ0n) is 12.5. The number of halogens is 3. The first-order valence-corrected chi connectivity index (χ1v) is 9.08. The minimum absolute atomic E-state index is 0.0909. The Morgan fingerprint density at radius 2 is 1.72 bits per heavy atom. The maximum absolute atomic E-state index is 12.1. The molecule has 0 aliphatic carbocycles. The van der Waals surface area contributed by atoms with E-state index in [0.29, 0.717) is 31.6 Å². The van der Waals surface area contributed by atoms with Crippen LogP contribution in [-0.2, 0) is 4.79 Å². The molecule has 1 aromatic heterocycles. The van der Waals surface area contributed by atoms with Crippen molar-refractivity contribution >= 4 is 58.2 Å². The smallest absolute Gasteiger partial charge is 0.234 e. The molecule has 3 aromatic rings. The summed E-state index contributed by atoms with van der Waals surface area (Å²) < 4.78 is 1.40. The quantitative estimate of drug-likeness (QED) is 0.628. The fourth-order valence-corrected chi connectivity index (χ4v) is 3.40. The average Bonchev–Trinajstić information content (AvgIpc) is 3.03. The van der Waals surface area contributed by atoms with Crippen LogP contribution in [0.3, 0.4) is 0 Å². The fourth-order valence-electron chi connectivity index (χ4n) is 1.98. The van der Waals surface area contributed by atoms with Crippen LogP contribution in [0.2, 0.25) is 15.1 Å². The second-order valence-corrected chi connectivity index (χ2v) is 6.92. The highest BCUT2D eigenvalue weighted by molar-refractivity contribution is 7.99. The largest absolute Gasteiger partial charge is 0.324 e. The Bertz CT molecular complexity index is 897. The molecule has 0 unspecified atom stereocenters. The number of rotatable bonds is 5. The Kier molecular flexibility index (Phi) is 5.80. The van der Waals surface area contributed by atoms with Gasteiger partial charge in [0.05, 0.1) is 26.5 Å². The molecular formula is C15H10Cl3N5OS. The van der Waals surface area contributed by atoms with Gasteiger partial charge in [0.2, 0.25) is 11.1 Å². The molecule has 1 heterocycles. The third kappa shape index (κ3) is 4.24. The van der Waals surface area contributed by atoms with E-state index in [-0.39, 0.29) is 11.7 Å². The van der Waals surface area contributed by atoms with E-state index in [1.54, 1.807) is 42.5 Å². The molecule has 2 aromatic carbocycles. The van der Waals surface area contributed by atoms with E-state index >= 15 is 0 Å². The SMILES string of the molecule is O=C(CSc1nnnn1-c1c(Cl)cccc1Cl)Nc1ccccc1Cl. The van der Waals surface area contributed by atoms with Gasteiger partial charge in [-0.3, -0.25) is 4.79 Å². The monoisotopic (exact) mass is 413 g/mol. The number of hydrogen-bond donors (Lipinski definition) is 1. The predicted octanol–water partition coefficient (Wildman–Crippen LogP) is 4.35. The molecular weight excluding hydrogens is 405 g/mol. The lowest BCUT2D eigenvalue weighted by Gasteiger charge is -2.09. The van der Waals surface area contributed by atoms with Gasteiger partial charge in [-0.25, -0.2) is 0 Å². The van der Waals surface area contributed by atoms with Crippen molar-refractivity contribution in [2.75, 3.05) is 11.1 Å². The number of anilines is 1. The molecule has 10 heteroatoms. The Hall–Kier alpha value is -1.80. The molecule has 1 amide bonds. The Labute approximate surface area is 162 Å². The van der Waals surface area contributed by atoms with Crippen LogP contribution in [0.5, 0.6) is 0 Å². The topological polar surface area (TPSA) is 72.7 Å². The van der Waals surface area contributed by atoms with Crippen LogP contribution in [0.15, 0.2) is 47.6 Å². The highest BCUT2D eigenvalue weighted by Crippen LogP contribution is 2.30. The van der Waals surface area contributed by atoms with Crippen LogP contribution >= 0.6 is 46.6 Å². The number of aromatic nitrogens is 4. The normalized spacial score (nSPS) is 10.7. The molecule has 0 saturated heterocycles. The molecule has 1 N–H and O–H groups in total. The first kappa shape index (κ1) is 18.0. The number of carbonyl (C=O) groups is 1. The number of para-hydroxylation sites is 2. The molecule has 6 nitrogen and oxygen atoms in total. The average molecular weight is 415 g/mol. The van der Waals surface area contributed by atoms with Gasteiger partial charge in [0.25, 0.3) is 0 Å². The summed E-state index contributed by atoms with van der Waals surface area (Å²) in [5.41, 5.74) is 1.01. The zero-order valence-corrected chi connectivity index (χ0v) is 15.6. The summed E-state index contributed by atoms with van der Waals surface area (Å²) in [5.74, 6) is -0.147. The van der Waals surface area contributed by atoms with Crippen molar-refractivity contribution in [3.05, 3.63) is 57.5 Å². The molecule has 25 heavy (non-hydrogen) atoms. The summed E-state index contributed by atoms with van der Waals surface area (Å²) in [7, 11) is 0. The van der Waals surface area contributed by atoms with Gasteiger partial charge in [-0.05, 0) is 34.7 Å². The zero-order chi connectivity index (χ0) is 17.8. The standard InChI is InChI=1S/C15H10Cl3N5OS/c16-9-4-1-2-7-12(9)19-13(24)8-25-15-20-21-22-23(15)14-10(17)5-3-6-11(14)18/h1-7H,8H2,(H,19,24). The minimum atomic E-state index is -0.238. The van der Waals surface area contributed by atoms with E-state index < -0.39 is 0 Å². The fraction of sp³-hybridized carbons (Fsp3) is 0.0667. The van der Waals surface area contributed by atoms with E-state index in [9.17, 15) is 4.79 Å². The van der Waals surface area contributed by atoms with Gasteiger partial charge in [0, 0.05) is 0 Å². The van der Waals surface area contributed by atoms with Crippen molar-refractivity contribution in [3.8, 4) is 5.69 Å². The lowest BCUT2D eigenvalue weighted by molar-refractivity contribution is -0.113. The van der Waals surface area contributed by atoms with E-state index in [1.807, 2.05) is 0 Å². The van der Waals surface area contributed by atoms with Crippen LogP contribution in [0, 0.1) is 0 Å². The van der Waals surface area contributed by atoms with Crippen LogP contribution in [0.4, 0.5) is 5.69 Å².